The molecule has 0 amide bonds. The molecule has 132 valence electrons. The molecule has 0 saturated carbocycles. The zero-order chi connectivity index (χ0) is 18.2. The molecule has 1 N–H and O–H groups in total. The SMILES string of the molecule is CC(C)C[C@H](N[C@@H](c1ccc(Br)cc1)c1nccs1)C(=O)CCC#N. The molecule has 0 bridgehead atoms. The van der Waals surface area contributed by atoms with E-state index >= 15 is 0 Å². The van der Waals surface area contributed by atoms with Gasteiger partial charge in [0.25, 0.3) is 0 Å². The van der Waals surface area contributed by atoms with Gasteiger partial charge in [0.1, 0.15) is 5.01 Å². The number of nitrogens with one attached hydrogen (secondary N) is 1. The molecule has 2 aromatic rings. The van der Waals surface area contributed by atoms with Crippen LogP contribution in [0.2, 0.25) is 0 Å². The number of halogens is 1. The fourth-order valence-corrected chi connectivity index (χ4v) is 3.65. The van der Waals surface area contributed by atoms with E-state index in [4.69, 9.17) is 5.26 Å². The van der Waals surface area contributed by atoms with Gasteiger partial charge in [-0.05, 0) is 30.0 Å². The van der Waals surface area contributed by atoms with Crippen LogP contribution in [0.1, 0.15) is 49.7 Å². The second-order valence-corrected chi connectivity index (χ2v) is 8.17. The second-order valence-electron chi connectivity index (χ2n) is 6.33. The first kappa shape index (κ1) is 19.8. The molecule has 0 radical (unpaired) electrons. The Morgan fingerprint density at radius 3 is 2.64 bits per heavy atom. The number of ketones is 1. The molecular weight excluding hydrogens is 398 g/mol. The van der Waals surface area contributed by atoms with Crippen LogP contribution in [0.3, 0.4) is 0 Å². The van der Waals surface area contributed by atoms with Crippen LogP contribution in [0.25, 0.3) is 0 Å². The van der Waals surface area contributed by atoms with Crippen molar-refractivity contribution in [3.8, 4) is 6.07 Å². The molecule has 0 aliphatic carbocycles. The molecule has 1 aromatic carbocycles. The van der Waals surface area contributed by atoms with Crippen LogP contribution in [0.15, 0.2) is 40.3 Å². The van der Waals surface area contributed by atoms with Gasteiger partial charge in [-0.1, -0.05) is 41.9 Å². The monoisotopic (exact) mass is 419 g/mol. The number of carbonyl (C=O) groups is 1. The fourth-order valence-electron chi connectivity index (χ4n) is 2.66. The number of thiazole rings is 1. The standard InChI is InChI=1S/C19H22BrN3OS/c1-13(2)12-16(17(24)4-3-9-21)23-18(19-22-10-11-25-19)14-5-7-15(20)8-6-14/h5-8,10-11,13,16,18,23H,3-4,12H2,1-2H3/t16-,18-/m0/s1. The van der Waals surface area contributed by atoms with E-state index in [9.17, 15) is 4.79 Å². The minimum Gasteiger partial charge on any atom is -0.298 e. The molecule has 4 nitrogen and oxygen atoms in total. The molecule has 0 spiro atoms. The molecule has 2 atom stereocenters. The fraction of sp³-hybridized carbons (Fsp3) is 0.421. The Bertz CT molecular complexity index is 707. The van der Waals surface area contributed by atoms with Crippen LogP contribution in [-0.2, 0) is 4.79 Å². The number of nitrogens with zero attached hydrogens (tertiary/aromatic N) is 2. The summed E-state index contributed by atoms with van der Waals surface area (Å²) in [5, 5.41) is 15.2. The number of nitriles is 1. The summed E-state index contributed by atoms with van der Waals surface area (Å²) in [5.74, 6) is 0.472. The van der Waals surface area contributed by atoms with Gasteiger partial charge in [-0.25, -0.2) is 4.98 Å². The molecule has 0 aliphatic rings. The molecule has 0 aliphatic heterocycles. The largest absolute Gasteiger partial charge is 0.298 e. The van der Waals surface area contributed by atoms with E-state index in [1.165, 1.54) is 0 Å². The Morgan fingerprint density at radius 1 is 1.36 bits per heavy atom. The topological polar surface area (TPSA) is 65.8 Å². The van der Waals surface area contributed by atoms with E-state index in [1.807, 2.05) is 29.6 Å². The predicted octanol–water partition coefficient (Wildman–Crippen LogP) is 4.87. The molecular formula is C19H22BrN3OS. The lowest BCUT2D eigenvalue weighted by Crippen LogP contribution is -2.40. The third-order valence-electron chi connectivity index (χ3n) is 3.85. The van der Waals surface area contributed by atoms with Gasteiger partial charge in [0.05, 0.1) is 18.2 Å². The van der Waals surface area contributed by atoms with Crippen LogP contribution in [-0.4, -0.2) is 16.8 Å². The maximum Gasteiger partial charge on any atom is 0.150 e. The molecule has 0 unspecified atom stereocenters. The van der Waals surface area contributed by atoms with E-state index in [0.29, 0.717) is 5.92 Å². The summed E-state index contributed by atoms with van der Waals surface area (Å²) in [6.07, 6.45) is 3.06. The molecule has 6 heteroatoms. The lowest BCUT2D eigenvalue weighted by atomic mass is 9.96. The van der Waals surface area contributed by atoms with E-state index in [2.05, 4.69) is 46.1 Å². The van der Waals surface area contributed by atoms with Crippen molar-refractivity contribution in [2.24, 2.45) is 5.92 Å². The van der Waals surface area contributed by atoms with Crippen LogP contribution < -0.4 is 5.32 Å². The quantitative estimate of drug-likeness (QED) is 0.629. The second kappa shape index (κ2) is 9.81. The van der Waals surface area contributed by atoms with Gasteiger partial charge in [-0.15, -0.1) is 11.3 Å². The molecule has 0 saturated heterocycles. The average Bonchev–Trinajstić information content (AvgIpc) is 3.11. The van der Waals surface area contributed by atoms with Crippen molar-refractivity contribution in [2.75, 3.05) is 0 Å². The van der Waals surface area contributed by atoms with Crippen LogP contribution in [0.4, 0.5) is 0 Å². The molecule has 1 heterocycles. The summed E-state index contributed by atoms with van der Waals surface area (Å²) in [4.78, 5) is 17.0. The summed E-state index contributed by atoms with van der Waals surface area (Å²) in [6, 6.07) is 9.70. The first-order valence-corrected chi connectivity index (χ1v) is 9.99. The highest BCUT2D eigenvalue weighted by molar-refractivity contribution is 9.10. The molecule has 25 heavy (non-hydrogen) atoms. The van der Waals surface area contributed by atoms with E-state index < -0.39 is 0 Å². The minimum absolute atomic E-state index is 0.0916. The zero-order valence-electron chi connectivity index (χ0n) is 14.4. The van der Waals surface area contributed by atoms with Crippen LogP contribution in [0.5, 0.6) is 0 Å². The van der Waals surface area contributed by atoms with Gasteiger partial charge in [-0.2, -0.15) is 5.26 Å². The average molecular weight is 420 g/mol. The lowest BCUT2D eigenvalue weighted by molar-refractivity contribution is -0.121. The van der Waals surface area contributed by atoms with Gasteiger partial charge < -0.3 is 0 Å². The predicted molar refractivity (Wildman–Crippen MR) is 104 cm³/mol. The van der Waals surface area contributed by atoms with Gasteiger partial charge in [0.15, 0.2) is 5.78 Å². The number of Topliss-reactive ketones (excluding diaryl/α,β-unsaturated/α-hetero) is 1. The highest BCUT2D eigenvalue weighted by Gasteiger charge is 2.26. The maximum absolute atomic E-state index is 12.6. The number of hydrogen-bond acceptors (Lipinski definition) is 5. The summed E-state index contributed by atoms with van der Waals surface area (Å²) >= 11 is 5.03. The summed E-state index contributed by atoms with van der Waals surface area (Å²) in [7, 11) is 0. The van der Waals surface area contributed by atoms with Crippen molar-refractivity contribution >= 4 is 33.0 Å². The summed E-state index contributed by atoms with van der Waals surface area (Å²) in [6.45, 7) is 4.20. The van der Waals surface area contributed by atoms with Gasteiger partial charge in [0, 0.05) is 28.9 Å². The Kier molecular flexibility index (Phi) is 7.76. The summed E-state index contributed by atoms with van der Waals surface area (Å²) < 4.78 is 1.01. The Hall–Kier alpha value is -1.55. The molecule has 0 fully saturated rings. The van der Waals surface area contributed by atoms with Crippen molar-refractivity contribution in [1.29, 1.82) is 5.26 Å². The highest BCUT2D eigenvalue weighted by Crippen LogP contribution is 2.27. The van der Waals surface area contributed by atoms with Crippen LogP contribution >= 0.6 is 27.3 Å². The molecule has 2 rings (SSSR count). The van der Waals surface area contributed by atoms with Gasteiger partial charge in [0.2, 0.25) is 0 Å². The number of rotatable bonds is 9. The zero-order valence-corrected chi connectivity index (χ0v) is 16.8. The Labute approximate surface area is 161 Å². The third-order valence-corrected chi connectivity index (χ3v) is 5.22. The smallest absolute Gasteiger partial charge is 0.150 e. The van der Waals surface area contributed by atoms with E-state index in [1.54, 1.807) is 17.5 Å². The first-order valence-electron chi connectivity index (χ1n) is 8.31. The van der Waals surface area contributed by atoms with Gasteiger partial charge >= 0.3 is 0 Å². The number of benzene rings is 1. The Balaban J connectivity index is 2.27. The van der Waals surface area contributed by atoms with Crippen molar-refractivity contribution in [2.45, 2.75) is 45.2 Å². The third kappa shape index (κ3) is 6.03. The minimum atomic E-state index is -0.286. The van der Waals surface area contributed by atoms with Crippen molar-refractivity contribution < 1.29 is 4.79 Å². The summed E-state index contributed by atoms with van der Waals surface area (Å²) in [5.41, 5.74) is 1.07. The number of hydrogen-bond donors (Lipinski definition) is 1. The van der Waals surface area contributed by atoms with Crippen molar-refractivity contribution in [1.82, 2.24) is 10.3 Å². The van der Waals surface area contributed by atoms with E-state index in [-0.39, 0.29) is 30.7 Å². The lowest BCUT2D eigenvalue weighted by Gasteiger charge is -2.25. The van der Waals surface area contributed by atoms with Crippen molar-refractivity contribution in [3.05, 3.63) is 50.9 Å². The van der Waals surface area contributed by atoms with Crippen LogP contribution in [0, 0.1) is 17.2 Å². The molecule has 1 aromatic heterocycles. The van der Waals surface area contributed by atoms with E-state index in [0.717, 1.165) is 21.5 Å². The van der Waals surface area contributed by atoms with Crippen molar-refractivity contribution in [3.63, 3.8) is 0 Å². The number of carbonyl (C=O) groups excluding carboxylic acids is 1. The highest BCUT2D eigenvalue weighted by atomic mass is 79.9. The van der Waals surface area contributed by atoms with Gasteiger partial charge in [-0.3, -0.25) is 10.1 Å². The normalized spacial score (nSPS) is 13.4. The first-order chi connectivity index (χ1) is 12.0. The number of aromatic nitrogens is 1. The Morgan fingerprint density at radius 2 is 2.08 bits per heavy atom. The maximum atomic E-state index is 12.6.